The molecule has 3 saturated heterocycles. The van der Waals surface area contributed by atoms with Crippen LogP contribution >= 0.6 is 0 Å². The van der Waals surface area contributed by atoms with Gasteiger partial charge in [-0.05, 0) is 95.0 Å². The van der Waals surface area contributed by atoms with Crippen molar-refractivity contribution in [3.63, 3.8) is 0 Å². The number of nitrogens with zero attached hydrogens (tertiary/aromatic N) is 6. The largest absolute Gasteiger partial charge is 0.453 e. The molecule has 444 valence electrons. The first kappa shape index (κ1) is 61.0. The van der Waals surface area contributed by atoms with Crippen molar-refractivity contribution in [3.05, 3.63) is 100 Å². The Balaban J connectivity index is 1.08. The van der Waals surface area contributed by atoms with Crippen molar-refractivity contribution in [3.8, 4) is 23.1 Å². The van der Waals surface area contributed by atoms with Crippen LogP contribution in [0, 0.1) is 34.3 Å². The van der Waals surface area contributed by atoms with Crippen LogP contribution in [0.25, 0.3) is 11.3 Å². The summed E-state index contributed by atoms with van der Waals surface area (Å²) in [4.78, 5) is 62.7. The van der Waals surface area contributed by atoms with Gasteiger partial charge in [-0.1, -0.05) is 24.0 Å². The molecule has 5 N–H and O–H groups in total. The highest BCUT2D eigenvalue weighted by Crippen LogP contribution is 2.42. The number of rotatable bonds is 18. The van der Waals surface area contributed by atoms with E-state index in [4.69, 9.17) is 14.5 Å². The number of amides is 4. The number of methoxy groups -OCH3 is 2. The Labute approximate surface area is 467 Å². The minimum absolute atomic E-state index is 0.0279. The number of hydrogen-bond acceptors (Lipinski definition) is 14. The summed E-state index contributed by atoms with van der Waals surface area (Å²) in [5.41, 5.74) is -2.58. The third kappa shape index (κ3) is 13.7. The molecule has 2 unspecified atom stereocenters. The molecule has 6 atom stereocenters. The van der Waals surface area contributed by atoms with Crippen LogP contribution < -0.4 is 26.3 Å². The van der Waals surface area contributed by atoms with E-state index in [1.54, 1.807) is 29.1 Å². The number of aliphatic hydroxyl groups excluding tert-OH is 1. The Bertz CT molecular complexity index is 2960. The summed E-state index contributed by atoms with van der Waals surface area (Å²) >= 11 is 0. The molecule has 0 spiro atoms. The highest BCUT2D eigenvalue weighted by molar-refractivity contribution is 5.87. The van der Waals surface area contributed by atoms with Crippen LogP contribution in [0.15, 0.2) is 60.8 Å². The van der Waals surface area contributed by atoms with Gasteiger partial charge in [0.25, 0.3) is 5.91 Å². The molecule has 4 aromatic rings. The number of ether oxygens (including phenoxy) is 4. The molecule has 3 fully saturated rings. The standard InChI is InChI=1S/C55H64F8N10O9/c1-52(2,54(58,59)60)46(66-50(77)79-5)48(75)65-43(19-32-10-7-31(8-11-32)9-12-33-13-16-45(64-23-33)70-24-35-14-15-36(25-70)73(35)38-29-82-30-38)44(74)27-71(69-49(76)47(67-51(78)80-6)53(3,4)55(61,62)63)26-39-40(56)20-34(21-41(39)57)42-22-37-28-81-18-17-72(37)68-42/h7-8,10-11,13,16,20-23,35-36,38,43-44,46-47,74H,14-15,17-19,24-30H2,1-6H3,(H,65,75)(H,66,77)(H,67,78)(H,69,76)/t35?,36?,43-,44-,46+,47+/m0/s1. The summed E-state index contributed by atoms with van der Waals surface area (Å²) in [7, 11) is 1.67. The van der Waals surface area contributed by atoms with Gasteiger partial charge in [-0.3, -0.25) is 24.6 Å². The van der Waals surface area contributed by atoms with E-state index >= 15 is 8.78 Å². The molecule has 2 aromatic heterocycles. The van der Waals surface area contributed by atoms with E-state index in [0.29, 0.717) is 86.4 Å². The number of piperazine rings is 1. The number of nitrogens with one attached hydrogen (secondary N) is 4. The molecule has 8 rings (SSSR count). The van der Waals surface area contributed by atoms with Crippen LogP contribution in [-0.4, -0.2) is 162 Å². The fraction of sp³-hybridized carbons (Fsp3) is 0.527. The zero-order valence-electron chi connectivity index (χ0n) is 45.7. The average molecular weight is 1160 g/mol. The van der Waals surface area contributed by atoms with Crippen LogP contribution in [0.5, 0.6) is 0 Å². The van der Waals surface area contributed by atoms with E-state index in [1.807, 2.05) is 22.8 Å². The summed E-state index contributed by atoms with van der Waals surface area (Å²) in [6.45, 7) is 4.45. The second kappa shape index (κ2) is 24.8. The second-order valence-corrected chi connectivity index (χ2v) is 21.8. The van der Waals surface area contributed by atoms with Crippen LogP contribution in [-0.2, 0) is 54.7 Å². The fourth-order valence-electron chi connectivity index (χ4n) is 10.3. The number of fused-ring (bicyclic) bond motifs is 3. The lowest BCUT2D eigenvalue weighted by Gasteiger charge is -2.47. The van der Waals surface area contributed by atoms with Crippen LogP contribution in [0.2, 0.25) is 0 Å². The number of alkyl carbamates (subject to hydrolysis) is 2. The minimum Gasteiger partial charge on any atom is -0.453 e. The van der Waals surface area contributed by atoms with Crippen molar-refractivity contribution < 1.29 is 78.4 Å². The lowest BCUT2D eigenvalue weighted by Crippen LogP contribution is -2.63. The smallest absolute Gasteiger partial charge is 0.407 e. The molecule has 4 amide bonds. The van der Waals surface area contributed by atoms with E-state index in [0.717, 1.165) is 71.3 Å². The van der Waals surface area contributed by atoms with Crippen molar-refractivity contribution in [2.24, 2.45) is 10.8 Å². The zero-order valence-corrected chi connectivity index (χ0v) is 45.7. The van der Waals surface area contributed by atoms with Crippen LogP contribution in [0.4, 0.5) is 50.5 Å². The number of anilines is 1. The van der Waals surface area contributed by atoms with Crippen molar-refractivity contribution in [1.29, 1.82) is 0 Å². The van der Waals surface area contributed by atoms with Gasteiger partial charge in [0.2, 0.25) is 5.91 Å². The van der Waals surface area contributed by atoms with Gasteiger partial charge in [0.05, 0.1) is 87.6 Å². The van der Waals surface area contributed by atoms with Gasteiger partial charge in [-0.25, -0.2) is 28.4 Å². The quantitative estimate of drug-likeness (QED) is 0.0456. The number of hydrazine groups is 1. The summed E-state index contributed by atoms with van der Waals surface area (Å²) < 4.78 is 142. The molecular formula is C55H64F8N10O9. The topological polar surface area (TPSA) is 214 Å². The van der Waals surface area contributed by atoms with E-state index in [-0.39, 0.29) is 17.9 Å². The van der Waals surface area contributed by atoms with Gasteiger partial charge in [-0.15, -0.1) is 0 Å². The van der Waals surface area contributed by atoms with Crippen molar-refractivity contribution in [2.75, 3.05) is 58.6 Å². The molecule has 19 nitrogen and oxygen atoms in total. The van der Waals surface area contributed by atoms with E-state index in [2.05, 4.69) is 47.0 Å². The van der Waals surface area contributed by atoms with Crippen LogP contribution in [0.1, 0.15) is 68.5 Å². The minimum atomic E-state index is -5.19. The first-order chi connectivity index (χ1) is 38.7. The Hall–Kier alpha value is -7.12. The zero-order chi connectivity index (χ0) is 59.5. The van der Waals surface area contributed by atoms with Gasteiger partial charge in [-0.2, -0.15) is 31.4 Å². The predicted molar refractivity (Wildman–Crippen MR) is 278 cm³/mol. The van der Waals surface area contributed by atoms with E-state index < -0.39 is 108 Å². The molecule has 27 heteroatoms. The molecular weight excluding hydrogens is 1100 g/mol. The number of carbonyl (C=O) groups is 4. The third-order valence-electron chi connectivity index (χ3n) is 15.6. The number of aromatic nitrogens is 3. The maximum atomic E-state index is 16.3. The molecule has 2 bridgehead atoms. The summed E-state index contributed by atoms with van der Waals surface area (Å²) in [5, 5.41) is 23.2. The predicted octanol–water partition coefficient (Wildman–Crippen LogP) is 5.75. The number of aliphatic hydroxyl groups is 1. The number of benzene rings is 2. The average Bonchev–Trinajstić information content (AvgIpc) is 4.17. The fourth-order valence-corrected chi connectivity index (χ4v) is 10.3. The molecule has 0 radical (unpaired) electrons. The Morgan fingerprint density at radius 3 is 1.88 bits per heavy atom. The second-order valence-electron chi connectivity index (χ2n) is 21.8. The molecule has 2 aromatic carbocycles. The van der Waals surface area contributed by atoms with Crippen LogP contribution in [0.3, 0.4) is 0 Å². The number of alkyl halides is 6. The van der Waals surface area contributed by atoms with Crippen molar-refractivity contribution >= 4 is 29.8 Å². The van der Waals surface area contributed by atoms with Crippen molar-refractivity contribution in [2.45, 2.75) is 121 Å². The summed E-state index contributed by atoms with van der Waals surface area (Å²) in [5.74, 6) is 1.34. The Morgan fingerprint density at radius 2 is 1.35 bits per heavy atom. The lowest BCUT2D eigenvalue weighted by atomic mass is 9.82. The number of pyridine rings is 1. The molecule has 6 heterocycles. The first-order valence-electron chi connectivity index (χ1n) is 26.3. The maximum absolute atomic E-state index is 16.3. The molecule has 4 aliphatic heterocycles. The number of halogens is 8. The highest BCUT2D eigenvalue weighted by atomic mass is 19.4. The van der Waals surface area contributed by atoms with E-state index in [1.165, 1.54) is 12.1 Å². The monoisotopic (exact) mass is 1160 g/mol. The highest BCUT2D eigenvalue weighted by Gasteiger charge is 2.57. The van der Waals surface area contributed by atoms with Gasteiger partial charge < -0.3 is 44.9 Å². The van der Waals surface area contributed by atoms with Gasteiger partial charge >= 0.3 is 24.5 Å². The summed E-state index contributed by atoms with van der Waals surface area (Å²) in [6, 6.07) is 8.04. The van der Waals surface area contributed by atoms with Gasteiger partial charge in [0, 0.05) is 66.7 Å². The molecule has 82 heavy (non-hydrogen) atoms. The number of carbonyl (C=O) groups excluding carboxylic acids is 4. The summed E-state index contributed by atoms with van der Waals surface area (Å²) in [6.07, 6.45) is -11.9. The maximum Gasteiger partial charge on any atom is 0.407 e. The normalized spacial score (nSPS) is 19.1. The van der Waals surface area contributed by atoms with Crippen molar-refractivity contribution in [1.82, 2.24) is 46.0 Å². The Morgan fingerprint density at radius 1 is 0.780 bits per heavy atom. The lowest BCUT2D eigenvalue weighted by molar-refractivity contribution is -0.221. The molecule has 0 aliphatic carbocycles. The van der Waals surface area contributed by atoms with Gasteiger partial charge in [0.1, 0.15) is 29.5 Å². The Kier molecular flexibility index (Phi) is 18.4. The molecule has 4 aliphatic rings. The number of hydrogen-bond donors (Lipinski definition) is 5. The van der Waals surface area contributed by atoms with Gasteiger partial charge in [0.15, 0.2) is 0 Å². The van der Waals surface area contributed by atoms with E-state index in [9.17, 15) is 50.6 Å². The third-order valence-corrected chi connectivity index (χ3v) is 15.6. The first-order valence-corrected chi connectivity index (χ1v) is 26.3. The SMILES string of the molecule is COC(=O)N[C@H](C(=O)N[C@@H](Cc1ccc(C#Cc2ccc(N3CC4CCC(C3)N4C3COC3)nc2)cc1)[C@@H](O)CN(Cc1c(F)cc(-c2cc3n(n2)CCOC3)cc1F)NC(=O)[C@@H](NC(=O)OC)C(C)(C)C(F)(F)F)C(C)(C)C(F)(F)F. The molecule has 0 saturated carbocycles.